The van der Waals surface area contributed by atoms with E-state index < -0.39 is 0 Å². The van der Waals surface area contributed by atoms with Crippen molar-refractivity contribution in [2.45, 2.75) is 30.8 Å². The number of thioether (sulfide) groups is 1. The number of Topliss-reactive ketones (excluding diaryl/α,β-unsaturated/α-hetero) is 1. The molecule has 29 heavy (non-hydrogen) atoms. The zero-order valence-electron chi connectivity index (χ0n) is 16.3. The third kappa shape index (κ3) is 4.92. The predicted molar refractivity (Wildman–Crippen MR) is 113 cm³/mol. The lowest BCUT2D eigenvalue weighted by Crippen LogP contribution is -2.15. The number of halogens is 1. The van der Waals surface area contributed by atoms with Crippen molar-refractivity contribution in [3.8, 4) is 17.1 Å². The van der Waals surface area contributed by atoms with Crippen LogP contribution in [0.3, 0.4) is 0 Å². The molecule has 0 amide bonds. The molecular formula is C22H22FN3O2S. The Morgan fingerprint density at radius 3 is 2.52 bits per heavy atom. The Morgan fingerprint density at radius 2 is 1.90 bits per heavy atom. The monoisotopic (exact) mass is 411 g/mol. The van der Waals surface area contributed by atoms with Crippen LogP contribution in [0.25, 0.3) is 11.4 Å². The lowest BCUT2D eigenvalue weighted by atomic mass is 10.1. The molecule has 0 N–H and O–H groups in total. The largest absolute Gasteiger partial charge is 0.494 e. The minimum Gasteiger partial charge on any atom is -0.494 e. The highest BCUT2D eigenvalue weighted by Gasteiger charge is 2.21. The van der Waals surface area contributed by atoms with E-state index in [4.69, 9.17) is 4.74 Å². The van der Waals surface area contributed by atoms with E-state index in [0.29, 0.717) is 29.7 Å². The van der Waals surface area contributed by atoms with Crippen molar-refractivity contribution < 1.29 is 13.9 Å². The second kappa shape index (κ2) is 9.52. The lowest BCUT2D eigenvalue weighted by Gasteiger charge is -2.12. The van der Waals surface area contributed by atoms with Gasteiger partial charge in [-0.15, -0.1) is 16.8 Å². The molecular weight excluding hydrogens is 389 g/mol. The maximum atomic E-state index is 13.2. The molecule has 5 nitrogen and oxygen atoms in total. The number of allylic oxidation sites excluding steroid dienone is 1. The van der Waals surface area contributed by atoms with Gasteiger partial charge in [0.05, 0.1) is 11.9 Å². The molecule has 0 radical (unpaired) electrons. The first-order chi connectivity index (χ1) is 14.0. The van der Waals surface area contributed by atoms with Gasteiger partial charge in [0, 0.05) is 17.7 Å². The summed E-state index contributed by atoms with van der Waals surface area (Å²) in [5.41, 5.74) is 1.36. The van der Waals surface area contributed by atoms with E-state index in [0.717, 1.165) is 11.3 Å². The Balaban J connectivity index is 1.80. The summed E-state index contributed by atoms with van der Waals surface area (Å²) in [6.07, 6.45) is 1.74. The second-order valence-corrected chi connectivity index (χ2v) is 7.60. The highest BCUT2D eigenvalue weighted by atomic mass is 32.2. The third-order valence-electron chi connectivity index (χ3n) is 4.23. The first-order valence-corrected chi connectivity index (χ1v) is 10.1. The number of carbonyl (C=O) groups is 1. The molecule has 2 aromatic carbocycles. The quantitative estimate of drug-likeness (QED) is 0.281. The van der Waals surface area contributed by atoms with E-state index >= 15 is 0 Å². The summed E-state index contributed by atoms with van der Waals surface area (Å²) in [6.45, 7) is 8.60. The summed E-state index contributed by atoms with van der Waals surface area (Å²) in [5.74, 6) is 1.02. The second-order valence-electron chi connectivity index (χ2n) is 6.29. The van der Waals surface area contributed by atoms with Gasteiger partial charge in [-0.25, -0.2) is 4.39 Å². The van der Waals surface area contributed by atoms with Crippen LogP contribution in [0, 0.1) is 5.82 Å². The van der Waals surface area contributed by atoms with Gasteiger partial charge in [0.15, 0.2) is 16.8 Å². The number of hydrogen-bond acceptors (Lipinski definition) is 5. The summed E-state index contributed by atoms with van der Waals surface area (Å²) in [4.78, 5) is 12.8. The minimum absolute atomic E-state index is 0.00506. The van der Waals surface area contributed by atoms with Gasteiger partial charge < -0.3 is 4.74 Å². The van der Waals surface area contributed by atoms with Crippen LogP contribution in [-0.4, -0.2) is 32.4 Å². The fourth-order valence-corrected chi connectivity index (χ4v) is 3.75. The fraction of sp³-hybridized carbons (Fsp3) is 0.227. The molecule has 3 aromatic rings. The Labute approximate surface area is 173 Å². The average Bonchev–Trinajstić information content (AvgIpc) is 3.11. The number of ketones is 1. The smallest absolute Gasteiger partial charge is 0.192 e. The van der Waals surface area contributed by atoms with E-state index in [1.807, 2.05) is 18.4 Å². The number of nitrogens with zero attached hydrogens (tertiary/aromatic N) is 3. The number of hydrogen-bond donors (Lipinski definition) is 0. The first-order valence-electron chi connectivity index (χ1n) is 9.27. The summed E-state index contributed by atoms with van der Waals surface area (Å²) in [6, 6.07) is 13.2. The number of aromatic nitrogens is 3. The van der Waals surface area contributed by atoms with Crippen molar-refractivity contribution in [3.63, 3.8) is 0 Å². The standard InChI is InChI=1S/C22H22FN3O2S/c1-4-14-26-21(17-6-10-18(23)11-7-17)24-25-22(26)29-15(3)20(27)16-8-12-19(13-9-16)28-5-2/h4,6-13,15H,1,5,14H2,2-3H3/t15-/m0/s1. The van der Waals surface area contributed by atoms with Gasteiger partial charge in [0.1, 0.15) is 11.6 Å². The van der Waals surface area contributed by atoms with Gasteiger partial charge in [0.2, 0.25) is 0 Å². The van der Waals surface area contributed by atoms with Gasteiger partial charge in [-0.3, -0.25) is 9.36 Å². The molecule has 1 aromatic heterocycles. The highest BCUT2D eigenvalue weighted by Crippen LogP contribution is 2.29. The topological polar surface area (TPSA) is 57.0 Å². The van der Waals surface area contributed by atoms with E-state index in [2.05, 4.69) is 16.8 Å². The lowest BCUT2D eigenvalue weighted by molar-refractivity contribution is 0.0994. The molecule has 0 aliphatic heterocycles. The molecule has 150 valence electrons. The van der Waals surface area contributed by atoms with Gasteiger partial charge in [0.25, 0.3) is 0 Å². The van der Waals surface area contributed by atoms with Crippen LogP contribution in [0.5, 0.6) is 5.75 Å². The maximum Gasteiger partial charge on any atom is 0.192 e. The van der Waals surface area contributed by atoms with Crippen LogP contribution in [0.4, 0.5) is 4.39 Å². The van der Waals surface area contributed by atoms with Crippen molar-refractivity contribution in [2.75, 3.05) is 6.61 Å². The molecule has 1 heterocycles. The molecule has 0 aliphatic rings. The molecule has 0 fully saturated rings. The Bertz CT molecular complexity index is 984. The van der Waals surface area contributed by atoms with Crippen molar-refractivity contribution in [3.05, 3.63) is 72.6 Å². The first kappa shape index (κ1) is 20.8. The van der Waals surface area contributed by atoms with Gasteiger partial charge in [-0.05, 0) is 62.4 Å². The predicted octanol–water partition coefficient (Wildman–Crippen LogP) is 5.03. The van der Waals surface area contributed by atoms with Gasteiger partial charge in [-0.1, -0.05) is 17.8 Å². The average molecular weight is 412 g/mol. The Hall–Kier alpha value is -2.93. The van der Waals surface area contributed by atoms with E-state index in [1.54, 1.807) is 42.5 Å². The zero-order chi connectivity index (χ0) is 20.8. The van der Waals surface area contributed by atoms with E-state index in [1.165, 1.54) is 23.9 Å². The van der Waals surface area contributed by atoms with E-state index in [-0.39, 0.29) is 16.9 Å². The van der Waals surface area contributed by atoms with Crippen molar-refractivity contribution in [1.82, 2.24) is 14.8 Å². The Morgan fingerprint density at radius 1 is 1.21 bits per heavy atom. The number of ether oxygens (including phenoxy) is 1. The van der Waals surface area contributed by atoms with Crippen molar-refractivity contribution >= 4 is 17.5 Å². The number of benzene rings is 2. The molecule has 7 heteroatoms. The molecule has 0 aliphatic carbocycles. The van der Waals surface area contributed by atoms with Crippen LogP contribution in [-0.2, 0) is 6.54 Å². The van der Waals surface area contributed by atoms with Crippen LogP contribution >= 0.6 is 11.8 Å². The van der Waals surface area contributed by atoms with E-state index in [9.17, 15) is 9.18 Å². The third-order valence-corrected chi connectivity index (χ3v) is 5.31. The van der Waals surface area contributed by atoms with Crippen molar-refractivity contribution in [1.29, 1.82) is 0 Å². The SMILES string of the molecule is C=CCn1c(S[C@@H](C)C(=O)c2ccc(OCC)cc2)nnc1-c1ccc(F)cc1. The summed E-state index contributed by atoms with van der Waals surface area (Å²) in [5, 5.41) is 8.74. The minimum atomic E-state index is -0.359. The summed E-state index contributed by atoms with van der Waals surface area (Å²) < 4.78 is 20.5. The number of carbonyl (C=O) groups excluding carboxylic acids is 1. The normalized spacial score (nSPS) is 11.8. The summed E-state index contributed by atoms with van der Waals surface area (Å²) in [7, 11) is 0. The molecule has 0 spiro atoms. The molecule has 0 saturated heterocycles. The van der Waals surface area contributed by atoms with Crippen molar-refractivity contribution in [2.24, 2.45) is 0 Å². The summed E-state index contributed by atoms with van der Waals surface area (Å²) >= 11 is 1.33. The molecule has 0 saturated carbocycles. The van der Waals surface area contributed by atoms with Crippen LogP contribution in [0.15, 0.2) is 66.3 Å². The fourth-order valence-electron chi connectivity index (χ4n) is 2.81. The van der Waals surface area contributed by atoms with Crippen LogP contribution in [0.1, 0.15) is 24.2 Å². The maximum absolute atomic E-state index is 13.2. The van der Waals surface area contributed by atoms with Gasteiger partial charge >= 0.3 is 0 Å². The van der Waals surface area contributed by atoms with Gasteiger partial charge in [-0.2, -0.15) is 0 Å². The molecule has 0 bridgehead atoms. The molecule has 1 atom stereocenters. The molecule has 3 rings (SSSR count). The zero-order valence-corrected chi connectivity index (χ0v) is 17.2. The van der Waals surface area contributed by atoms with Crippen LogP contribution in [0.2, 0.25) is 0 Å². The number of rotatable bonds is 9. The Kier molecular flexibility index (Phi) is 6.82. The molecule has 0 unspecified atom stereocenters. The highest BCUT2D eigenvalue weighted by molar-refractivity contribution is 8.00. The van der Waals surface area contributed by atoms with Crippen LogP contribution < -0.4 is 4.74 Å².